The van der Waals surface area contributed by atoms with Crippen LogP contribution in [0.4, 0.5) is 11.6 Å². The van der Waals surface area contributed by atoms with Gasteiger partial charge in [-0.05, 0) is 74.2 Å². The van der Waals surface area contributed by atoms with Gasteiger partial charge in [-0.2, -0.15) is 5.26 Å². The first-order valence-corrected chi connectivity index (χ1v) is 12.1. The second-order valence-electron chi connectivity index (χ2n) is 8.45. The van der Waals surface area contributed by atoms with Gasteiger partial charge in [-0.25, -0.2) is 14.3 Å². The van der Waals surface area contributed by atoms with Crippen LogP contribution in [-0.2, 0) is 6.42 Å². The van der Waals surface area contributed by atoms with Crippen LogP contribution in [0.5, 0.6) is 0 Å². The van der Waals surface area contributed by atoms with E-state index in [4.69, 9.17) is 0 Å². The van der Waals surface area contributed by atoms with Gasteiger partial charge in [0.15, 0.2) is 0 Å². The van der Waals surface area contributed by atoms with E-state index in [-0.39, 0.29) is 5.91 Å². The molecule has 2 aliphatic rings. The van der Waals surface area contributed by atoms with Crippen LogP contribution in [0.2, 0.25) is 0 Å². The summed E-state index contributed by atoms with van der Waals surface area (Å²) in [6.07, 6.45) is 2.57. The summed E-state index contributed by atoms with van der Waals surface area (Å²) in [5.74, 6) is 0.645. The van der Waals surface area contributed by atoms with Gasteiger partial charge in [0.2, 0.25) is 5.95 Å². The van der Waals surface area contributed by atoms with Crippen molar-refractivity contribution in [2.24, 2.45) is 0 Å². The number of carbonyl (C=O) groups is 1. The van der Waals surface area contributed by atoms with Gasteiger partial charge in [0.1, 0.15) is 11.8 Å². The minimum atomic E-state index is 0.0128. The number of amides is 1. The molecule has 1 saturated heterocycles. The Morgan fingerprint density at radius 3 is 2.65 bits per heavy atom. The lowest BCUT2D eigenvalue weighted by Gasteiger charge is -2.34. The molecular formula is C25H25N7OS. The second-order valence-corrected chi connectivity index (χ2v) is 9.62. The number of carbonyl (C=O) groups excluding carboxylic acids is 1. The highest BCUT2D eigenvalue weighted by Gasteiger charge is 2.27. The van der Waals surface area contributed by atoms with E-state index in [2.05, 4.69) is 48.4 Å². The molecule has 34 heavy (non-hydrogen) atoms. The van der Waals surface area contributed by atoms with Gasteiger partial charge in [-0.3, -0.25) is 9.78 Å². The van der Waals surface area contributed by atoms with Crippen molar-refractivity contribution in [1.82, 2.24) is 19.3 Å². The fourth-order valence-corrected chi connectivity index (χ4v) is 5.35. The number of rotatable bonds is 4. The van der Waals surface area contributed by atoms with Gasteiger partial charge < -0.3 is 9.80 Å². The van der Waals surface area contributed by atoms with Gasteiger partial charge in [0.25, 0.3) is 5.91 Å². The van der Waals surface area contributed by atoms with Gasteiger partial charge in [-0.15, -0.1) is 0 Å². The number of aromatic nitrogens is 3. The van der Waals surface area contributed by atoms with Crippen molar-refractivity contribution in [1.29, 1.82) is 5.26 Å². The van der Waals surface area contributed by atoms with E-state index in [1.165, 1.54) is 10.5 Å². The SMILES string of the molecule is Cc1cc(C#N)nc(N2CCN(Sc3ccc4c(c3)CCN4C(=O)c3cccnc3C)CC2)n1. The van der Waals surface area contributed by atoms with Crippen molar-refractivity contribution in [3.05, 3.63) is 70.8 Å². The van der Waals surface area contributed by atoms with Crippen molar-refractivity contribution < 1.29 is 4.79 Å². The number of pyridine rings is 1. The van der Waals surface area contributed by atoms with Crippen LogP contribution >= 0.6 is 11.9 Å². The Hall–Kier alpha value is -3.48. The molecule has 8 nitrogen and oxygen atoms in total. The quantitative estimate of drug-likeness (QED) is 0.535. The molecule has 172 valence electrons. The Balaban J connectivity index is 1.23. The third kappa shape index (κ3) is 4.47. The minimum absolute atomic E-state index is 0.0128. The summed E-state index contributed by atoms with van der Waals surface area (Å²) in [6, 6.07) is 13.8. The van der Waals surface area contributed by atoms with Gasteiger partial charge >= 0.3 is 0 Å². The molecule has 0 spiro atoms. The topological polar surface area (TPSA) is 89.3 Å². The van der Waals surface area contributed by atoms with Gasteiger partial charge in [0, 0.05) is 60.9 Å². The first-order valence-electron chi connectivity index (χ1n) is 11.3. The Bertz CT molecular complexity index is 1280. The molecule has 0 atom stereocenters. The second kappa shape index (κ2) is 9.41. The zero-order valence-electron chi connectivity index (χ0n) is 19.2. The van der Waals surface area contributed by atoms with Crippen LogP contribution in [0.1, 0.15) is 33.0 Å². The Morgan fingerprint density at radius 1 is 1.06 bits per heavy atom. The summed E-state index contributed by atoms with van der Waals surface area (Å²) in [7, 11) is 0. The van der Waals surface area contributed by atoms with Crippen molar-refractivity contribution in [2.75, 3.05) is 42.5 Å². The third-order valence-corrected chi connectivity index (χ3v) is 7.23. The highest BCUT2D eigenvalue weighted by atomic mass is 32.2. The number of anilines is 2. The number of hydrogen-bond acceptors (Lipinski definition) is 8. The Morgan fingerprint density at radius 2 is 1.88 bits per heavy atom. The summed E-state index contributed by atoms with van der Waals surface area (Å²) < 4.78 is 2.34. The molecule has 1 aromatic carbocycles. The highest BCUT2D eigenvalue weighted by Crippen LogP contribution is 2.34. The summed E-state index contributed by atoms with van der Waals surface area (Å²) in [5, 5.41) is 9.18. The first-order chi connectivity index (χ1) is 16.5. The number of benzene rings is 1. The molecule has 1 fully saturated rings. The molecule has 4 heterocycles. The molecule has 0 bridgehead atoms. The predicted octanol–water partition coefficient (Wildman–Crippen LogP) is 3.39. The molecule has 0 aliphatic carbocycles. The Kier molecular flexibility index (Phi) is 6.18. The fourth-order valence-electron chi connectivity index (χ4n) is 4.38. The molecule has 9 heteroatoms. The molecule has 0 unspecified atom stereocenters. The van der Waals surface area contributed by atoms with Crippen LogP contribution in [0.3, 0.4) is 0 Å². The fraction of sp³-hybridized carbons (Fsp3) is 0.320. The number of nitriles is 1. The normalized spacial score (nSPS) is 15.8. The van der Waals surface area contributed by atoms with Crippen molar-refractivity contribution in [3.63, 3.8) is 0 Å². The number of hydrogen-bond donors (Lipinski definition) is 0. The lowest BCUT2D eigenvalue weighted by atomic mass is 10.1. The standard InChI is InChI=1S/C25H25N7OS/c1-17-14-20(16-26)29-25(28-17)30-10-12-31(13-11-30)34-21-5-6-23-19(15-21)7-9-32(23)24(33)22-4-3-8-27-18(22)2/h3-6,8,14-15H,7,9-13H2,1-2H3. The summed E-state index contributed by atoms with van der Waals surface area (Å²) in [6.45, 7) is 7.79. The van der Waals surface area contributed by atoms with E-state index >= 15 is 0 Å². The molecule has 0 N–H and O–H groups in total. The summed E-state index contributed by atoms with van der Waals surface area (Å²) in [5.41, 5.74) is 4.83. The number of nitrogens with zero attached hydrogens (tertiary/aromatic N) is 7. The highest BCUT2D eigenvalue weighted by molar-refractivity contribution is 7.97. The van der Waals surface area contributed by atoms with E-state index in [1.807, 2.05) is 30.9 Å². The summed E-state index contributed by atoms with van der Waals surface area (Å²) in [4.78, 5) is 31.4. The maximum Gasteiger partial charge on any atom is 0.260 e. The van der Waals surface area contributed by atoms with Crippen LogP contribution in [-0.4, -0.2) is 57.9 Å². The molecule has 1 amide bonds. The number of piperazine rings is 1. The molecule has 3 aromatic rings. The first kappa shape index (κ1) is 22.3. The molecule has 5 rings (SSSR count). The average molecular weight is 472 g/mol. The van der Waals surface area contributed by atoms with Crippen LogP contribution < -0.4 is 9.80 Å². The monoisotopic (exact) mass is 471 g/mol. The average Bonchev–Trinajstić information content (AvgIpc) is 3.27. The van der Waals surface area contributed by atoms with Crippen LogP contribution in [0.25, 0.3) is 0 Å². The zero-order chi connectivity index (χ0) is 23.7. The lowest BCUT2D eigenvalue weighted by Crippen LogP contribution is -2.44. The van der Waals surface area contributed by atoms with Crippen molar-refractivity contribution in [3.8, 4) is 6.07 Å². The van der Waals surface area contributed by atoms with E-state index in [0.29, 0.717) is 23.8 Å². The largest absolute Gasteiger partial charge is 0.338 e. The van der Waals surface area contributed by atoms with Gasteiger partial charge in [-0.1, -0.05) is 0 Å². The number of fused-ring (bicyclic) bond motifs is 1. The lowest BCUT2D eigenvalue weighted by molar-refractivity contribution is 0.0988. The predicted molar refractivity (Wildman–Crippen MR) is 132 cm³/mol. The van der Waals surface area contributed by atoms with Gasteiger partial charge in [0.05, 0.1) is 5.56 Å². The molecule has 0 saturated carbocycles. The summed E-state index contributed by atoms with van der Waals surface area (Å²) >= 11 is 1.75. The Labute approximate surface area is 203 Å². The van der Waals surface area contributed by atoms with Crippen LogP contribution in [0, 0.1) is 25.2 Å². The van der Waals surface area contributed by atoms with Crippen molar-refractivity contribution in [2.45, 2.75) is 25.2 Å². The molecule has 2 aliphatic heterocycles. The molecule has 2 aromatic heterocycles. The van der Waals surface area contributed by atoms with E-state index in [0.717, 1.165) is 49.7 Å². The number of aryl methyl sites for hydroxylation is 2. The maximum absolute atomic E-state index is 13.1. The van der Waals surface area contributed by atoms with Crippen LogP contribution in [0.15, 0.2) is 47.5 Å². The molecule has 0 radical (unpaired) electrons. The van der Waals surface area contributed by atoms with E-state index in [1.54, 1.807) is 24.2 Å². The smallest absolute Gasteiger partial charge is 0.260 e. The van der Waals surface area contributed by atoms with E-state index in [9.17, 15) is 10.1 Å². The zero-order valence-corrected chi connectivity index (χ0v) is 20.0. The minimum Gasteiger partial charge on any atom is -0.338 e. The van der Waals surface area contributed by atoms with E-state index < -0.39 is 0 Å². The molecular weight excluding hydrogens is 446 g/mol. The maximum atomic E-state index is 13.1. The van der Waals surface area contributed by atoms with Crippen molar-refractivity contribution >= 4 is 29.5 Å². The third-order valence-electron chi connectivity index (χ3n) is 6.14.